The zero-order valence-electron chi connectivity index (χ0n) is 6.93. The van der Waals surface area contributed by atoms with Gasteiger partial charge in [-0.05, 0) is 12.8 Å². The average molecular weight is 161 g/mol. The van der Waals surface area contributed by atoms with E-state index in [1.54, 1.807) is 7.11 Å². The van der Waals surface area contributed by atoms with Crippen LogP contribution in [-0.4, -0.2) is 12.5 Å². The number of hydrogen-bond acceptors (Lipinski definition) is 1. The van der Waals surface area contributed by atoms with Crippen molar-refractivity contribution in [1.29, 1.82) is 0 Å². The lowest BCUT2D eigenvalue weighted by Crippen LogP contribution is -2.00. The average Bonchev–Trinajstić information content (AvgIpc) is 1.98. The highest BCUT2D eigenvalue weighted by Crippen LogP contribution is 2.09. The summed E-state index contributed by atoms with van der Waals surface area (Å²) in [5, 5.41) is 0. The number of ether oxygens (including phenoxy) is 1. The fourth-order valence-electron chi connectivity index (χ4n) is 0.856. The normalized spacial score (nSPS) is 13.5. The van der Waals surface area contributed by atoms with E-state index < -0.39 is 0 Å². The molecule has 0 amide bonds. The summed E-state index contributed by atoms with van der Waals surface area (Å²) < 4.78 is 4.95. The molecule has 0 heterocycles. The van der Waals surface area contributed by atoms with Gasteiger partial charge in [-0.25, -0.2) is 0 Å². The van der Waals surface area contributed by atoms with Gasteiger partial charge >= 0.3 is 0 Å². The first-order valence-electron chi connectivity index (χ1n) is 4.00. The van der Waals surface area contributed by atoms with E-state index >= 15 is 0 Å². The second-order valence-corrected chi connectivity index (χ2v) is 3.04. The molecule has 0 rings (SSSR count). The van der Waals surface area contributed by atoms with E-state index in [0.29, 0.717) is 0 Å². The molecule has 0 aromatic rings. The molecule has 0 aromatic carbocycles. The van der Waals surface area contributed by atoms with Gasteiger partial charge in [0.25, 0.3) is 0 Å². The van der Waals surface area contributed by atoms with Crippen LogP contribution in [0.3, 0.4) is 0 Å². The molecular weight excluding hydrogens is 144 g/mol. The van der Waals surface area contributed by atoms with Crippen molar-refractivity contribution in [2.75, 3.05) is 7.11 Å². The van der Waals surface area contributed by atoms with E-state index in [0.717, 1.165) is 6.42 Å². The van der Waals surface area contributed by atoms with Crippen LogP contribution in [0, 0.1) is 0 Å². The molecule has 0 aromatic heterocycles. The van der Waals surface area contributed by atoms with E-state index in [1.165, 1.54) is 25.7 Å². The fourth-order valence-corrected chi connectivity index (χ4v) is 1.02. The van der Waals surface area contributed by atoms with Crippen molar-refractivity contribution in [1.82, 2.24) is 0 Å². The number of hydrogen-bond donors (Lipinski definition) is 0. The van der Waals surface area contributed by atoms with E-state index in [2.05, 4.69) is 6.92 Å². The van der Waals surface area contributed by atoms with Gasteiger partial charge in [0.15, 0.2) is 0 Å². The molecule has 1 unspecified atom stereocenters. The van der Waals surface area contributed by atoms with Crippen molar-refractivity contribution in [3.63, 3.8) is 0 Å². The van der Waals surface area contributed by atoms with Crippen LogP contribution in [0.1, 0.15) is 39.0 Å². The van der Waals surface area contributed by atoms with Crippen LogP contribution in [0.15, 0.2) is 0 Å². The molecule has 0 aliphatic carbocycles. The van der Waals surface area contributed by atoms with Gasteiger partial charge in [-0.2, -0.15) is 0 Å². The van der Waals surface area contributed by atoms with E-state index in [4.69, 9.17) is 17.4 Å². The smallest absolute Gasteiger partial charge is 0.112 e. The third kappa shape index (κ3) is 6.43. The van der Waals surface area contributed by atoms with Gasteiger partial charge in [0, 0.05) is 7.11 Å². The third-order valence-corrected chi connectivity index (χ3v) is 1.98. The SMILES string of the molecule is CCCCCCC([S])OC. The summed E-state index contributed by atoms with van der Waals surface area (Å²) in [5.74, 6) is 0. The summed E-state index contributed by atoms with van der Waals surface area (Å²) in [6, 6.07) is 0. The predicted octanol–water partition coefficient (Wildman–Crippen LogP) is 3.13. The van der Waals surface area contributed by atoms with Crippen molar-refractivity contribution in [3.05, 3.63) is 0 Å². The van der Waals surface area contributed by atoms with Crippen LogP contribution in [0.2, 0.25) is 0 Å². The van der Waals surface area contributed by atoms with Crippen LogP contribution >= 0.6 is 12.6 Å². The molecule has 10 heavy (non-hydrogen) atoms. The highest BCUT2D eigenvalue weighted by atomic mass is 32.1. The lowest BCUT2D eigenvalue weighted by Gasteiger charge is -2.05. The molecule has 1 atom stereocenters. The monoisotopic (exact) mass is 161 g/mol. The molecule has 0 saturated heterocycles. The molecule has 0 aliphatic rings. The summed E-state index contributed by atoms with van der Waals surface area (Å²) in [7, 11) is 1.68. The van der Waals surface area contributed by atoms with Crippen molar-refractivity contribution >= 4 is 12.6 Å². The van der Waals surface area contributed by atoms with Crippen molar-refractivity contribution < 1.29 is 4.74 Å². The minimum atomic E-state index is 0.0388. The van der Waals surface area contributed by atoms with Gasteiger partial charge in [-0.3, -0.25) is 0 Å². The maximum atomic E-state index is 4.97. The zero-order valence-corrected chi connectivity index (χ0v) is 7.75. The first-order chi connectivity index (χ1) is 4.81. The van der Waals surface area contributed by atoms with Crippen molar-refractivity contribution in [2.24, 2.45) is 0 Å². The number of methoxy groups -OCH3 is 1. The third-order valence-electron chi connectivity index (χ3n) is 1.56. The Morgan fingerprint density at radius 3 is 2.50 bits per heavy atom. The van der Waals surface area contributed by atoms with Gasteiger partial charge in [-0.1, -0.05) is 38.8 Å². The lowest BCUT2D eigenvalue weighted by molar-refractivity contribution is 0.165. The Labute approximate surface area is 69.6 Å². The Kier molecular flexibility index (Phi) is 7.65. The molecule has 0 fully saturated rings. The molecule has 0 saturated carbocycles. The quantitative estimate of drug-likeness (QED) is 0.544. The highest BCUT2D eigenvalue weighted by molar-refractivity contribution is 7.80. The van der Waals surface area contributed by atoms with Crippen LogP contribution < -0.4 is 0 Å². The van der Waals surface area contributed by atoms with E-state index in [1.807, 2.05) is 0 Å². The maximum absolute atomic E-state index is 4.97. The van der Waals surface area contributed by atoms with Crippen LogP contribution in [0.25, 0.3) is 0 Å². The predicted molar refractivity (Wildman–Crippen MR) is 47.1 cm³/mol. The van der Waals surface area contributed by atoms with Gasteiger partial charge < -0.3 is 4.74 Å². The molecule has 0 aliphatic heterocycles. The maximum Gasteiger partial charge on any atom is 0.112 e. The highest BCUT2D eigenvalue weighted by Gasteiger charge is 1.98. The minimum absolute atomic E-state index is 0.0388. The van der Waals surface area contributed by atoms with E-state index in [-0.39, 0.29) is 5.44 Å². The lowest BCUT2D eigenvalue weighted by atomic mass is 10.2. The first kappa shape index (κ1) is 10.3. The van der Waals surface area contributed by atoms with Crippen molar-refractivity contribution in [2.45, 2.75) is 44.5 Å². The van der Waals surface area contributed by atoms with Gasteiger partial charge in [0.1, 0.15) is 5.44 Å². The Morgan fingerprint density at radius 2 is 2.00 bits per heavy atom. The molecule has 0 spiro atoms. The Bertz CT molecular complexity index is 66.3. The Hall–Kier alpha value is 0.310. The largest absolute Gasteiger partial charge is 0.370 e. The topological polar surface area (TPSA) is 9.23 Å². The summed E-state index contributed by atoms with van der Waals surface area (Å²) in [4.78, 5) is 0. The second kappa shape index (κ2) is 7.42. The van der Waals surface area contributed by atoms with E-state index in [9.17, 15) is 0 Å². The summed E-state index contributed by atoms with van der Waals surface area (Å²) >= 11 is 4.97. The van der Waals surface area contributed by atoms with Gasteiger partial charge in [-0.15, -0.1) is 0 Å². The summed E-state index contributed by atoms with van der Waals surface area (Å²) in [6.07, 6.45) is 6.16. The van der Waals surface area contributed by atoms with Crippen LogP contribution in [0.4, 0.5) is 0 Å². The molecule has 0 bridgehead atoms. The molecule has 2 heteroatoms. The Morgan fingerprint density at radius 1 is 1.30 bits per heavy atom. The molecule has 1 nitrogen and oxygen atoms in total. The summed E-state index contributed by atoms with van der Waals surface area (Å²) in [5.41, 5.74) is 0.0388. The van der Waals surface area contributed by atoms with Crippen LogP contribution in [-0.2, 0) is 4.74 Å². The number of rotatable bonds is 6. The number of unbranched alkanes of at least 4 members (excludes halogenated alkanes) is 3. The molecule has 0 N–H and O–H groups in total. The standard InChI is InChI=1S/C8H17OS/c1-3-4-5-6-7-8(10)9-2/h8H,3-7H2,1-2H3. The van der Waals surface area contributed by atoms with Gasteiger partial charge in [0.2, 0.25) is 0 Å². The zero-order chi connectivity index (χ0) is 7.82. The molecule has 61 valence electrons. The second-order valence-electron chi connectivity index (χ2n) is 2.51. The first-order valence-corrected chi connectivity index (χ1v) is 4.47. The molecule has 1 radical (unpaired) electrons. The fraction of sp³-hybridized carbons (Fsp3) is 1.00. The van der Waals surface area contributed by atoms with Crippen molar-refractivity contribution in [3.8, 4) is 0 Å². The molecular formula is C8H17OS. The van der Waals surface area contributed by atoms with Crippen LogP contribution in [0.5, 0.6) is 0 Å². The Balaban J connectivity index is 2.89. The minimum Gasteiger partial charge on any atom is -0.370 e. The summed E-state index contributed by atoms with van der Waals surface area (Å²) in [6.45, 7) is 2.21. The van der Waals surface area contributed by atoms with Gasteiger partial charge in [0.05, 0.1) is 0 Å².